The lowest BCUT2D eigenvalue weighted by Crippen LogP contribution is -2.06. The summed E-state index contributed by atoms with van der Waals surface area (Å²) in [4.78, 5) is 20.8. The number of carboxylic acid groups (broad SMARTS) is 1. The van der Waals surface area contributed by atoms with Crippen molar-refractivity contribution >= 4 is 17.3 Å². The maximum absolute atomic E-state index is 10.7. The zero-order valence-corrected chi connectivity index (χ0v) is 16.3. The van der Waals surface area contributed by atoms with Gasteiger partial charge in [-0.15, -0.1) is 0 Å². The Morgan fingerprint density at radius 2 is 1.72 bits per heavy atom. The fourth-order valence-electron chi connectivity index (χ4n) is 2.68. The molecule has 0 aromatic heterocycles. The molecule has 0 bridgehead atoms. The van der Waals surface area contributed by atoms with Crippen LogP contribution in [0, 0.1) is 10.1 Å². The molecule has 9 heteroatoms. The van der Waals surface area contributed by atoms with Gasteiger partial charge in [-0.25, -0.2) is 0 Å². The minimum atomic E-state index is -0.821. The summed E-state index contributed by atoms with van der Waals surface area (Å²) in [5, 5.41) is 22.6. The number of nitro groups is 1. The molecule has 0 radical (unpaired) electrons. The van der Waals surface area contributed by atoms with E-state index in [1.165, 1.54) is 12.1 Å². The Hall–Kier alpha value is -3.49. The Morgan fingerprint density at radius 1 is 1.10 bits per heavy atom. The minimum Gasteiger partial charge on any atom is -0.496 e. The Balaban J connectivity index is 2.04. The molecule has 0 aliphatic heterocycles. The highest BCUT2D eigenvalue weighted by Gasteiger charge is 2.14. The number of nitro benzene ring substituents is 1. The average Bonchev–Trinajstić information content (AvgIpc) is 2.71. The minimum absolute atomic E-state index is 0.0237. The highest BCUT2D eigenvalue weighted by atomic mass is 16.6. The first-order chi connectivity index (χ1) is 13.9. The molecular weight excluding hydrogens is 380 g/mol. The van der Waals surface area contributed by atoms with Crippen molar-refractivity contribution in [2.45, 2.75) is 25.8 Å². The lowest BCUT2D eigenvalue weighted by Gasteiger charge is -2.17. The van der Waals surface area contributed by atoms with Gasteiger partial charge in [0.05, 0.1) is 31.3 Å². The van der Waals surface area contributed by atoms with Crippen LogP contribution in [0.5, 0.6) is 17.2 Å². The third kappa shape index (κ3) is 6.56. The average molecular weight is 404 g/mol. The van der Waals surface area contributed by atoms with Crippen LogP contribution in [0.3, 0.4) is 0 Å². The van der Waals surface area contributed by atoms with E-state index >= 15 is 0 Å². The number of methoxy groups -OCH3 is 2. The van der Waals surface area contributed by atoms with Gasteiger partial charge in [-0.3, -0.25) is 14.9 Å². The van der Waals surface area contributed by atoms with Crippen LogP contribution in [0.4, 0.5) is 11.4 Å². The highest BCUT2D eigenvalue weighted by molar-refractivity contribution is 5.66. The molecule has 0 amide bonds. The first-order valence-corrected chi connectivity index (χ1v) is 9.02. The molecule has 156 valence electrons. The van der Waals surface area contributed by atoms with Gasteiger partial charge in [0.15, 0.2) is 0 Å². The zero-order chi connectivity index (χ0) is 21.2. The third-order valence-corrected chi connectivity index (χ3v) is 4.18. The number of hydrogen-bond acceptors (Lipinski definition) is 7. The normalized spacial score (nSPS) is 10.3. The van der Waals surface area contributed by atoms with Crippen molar-refractivity contribution in [3.63, 3.8) is 0 Å². The van der Waals surface area contributed by atoms with Gasteiger partial charge in [0.25, 0.3) is 5.69 Å². The predicted molar refractivity (Wildman–Crippen MR) is 107 cm³/mol. The fourth-order valence-corrected chi connectivity index (χ4v) is 2.68. The van der Waals surface area contributed by atoms with Crippen LogP contribution in [0.1, 0.15) is 24.8 Å². The molecular formula is C20H24N2O7. The van der Waals surface area contributed by atoms with Gasteiger partial charge in [0.2, 0.25) is 0 Å². The van der Waals surface area contributed by atoms with E-state index in [1.54, 1.807) is 38.5 Å². The van der Waals surface area contributed by atoms with Crippen LogP contribution in [0.2, 0.25) is 0 Å². The van der Waals surface area contributed by atoms with Crippen LogP contribution in [-0.4, -0.2) is 36.8 Å². The van der Waals surface area contributed by atoms with E-state index in [0.29, 0.717) is 43.2 Å². The molecule has 0 fully saturated rings. The summed E-state index contributed by atoms with van der Waals surface area (Å²) in [6, 6.07) is 9.60. The van der Waals surface area contributed by atoms with Gasteiger partial charge in [-0.2, -0.15) is 0 Å². The molecule has 29 heavy (non-hydrogen) atoms. The lowest BCUT2D eigenvalue weighted by atomic mass is 10.1. The largest absolute Gasteiger partial charge is 0.496 e. The molecule has 0 atom stereocenters. The van der Waals surface area contributed by atoms with Crippen LogP contribution in [0.25, 0.3) is 0 Å². The number of carboxylic acids is 1. The van der Waals surface area contributed by atoms with Gasteiger partial charge in [-0.1, -0.05) is 0 Å². The smallest absolute Gasteiger partial charge is 0.303 e. The summed E-state index contributed by atoms with van der Waals surface area (Å²) in [7, 11) is 3.08. The Labute approximate surface area is 168 Å². The number of anilines is 1. The number of nitrogens with zero attached hydrogens (tertiary/aromatic N) is 1. The maximum Gasteiger partial charge on any atom is 0.303 e. The quantitative estimate of drug-likeness (QED) is 0.311. The number of non-ortho nitro benzene ring substituents is 1. The summed E-state index contributed by atoms with van der Waals surface area (Å²) in [6.45, 7) is 0.767. The van der Waals surface area contributed by atoms with Crippen molar-refractivity contribution in [1.29, 1.82) is 0 Å². The second-order valence-corrected chi connectivity index (χ2v) is 6.16. The Kier molecular flexibility index (Phi) is 8.08. The number of hydrogen-bond donors (Lipinski definition) is 2. The Morgan fingerprint density at radius 3 is 2.24 bits per heavy atom. The standard InChI is InChI=1S/C20H24N2O7/c1-27-18-11-16(29-10-4-3-5-20(23)24)12-19(28-2)17(18)13-21-14-6-8-15(9-7-14)22(25)26/h6-9,11-12,21H,3-5,10,13H2,1-2H3,(H,23,24). The van der Waals surface area contributed by atoms with Gasteiger partial charge >= 0.3 is 5.97 Å². The molecule has 9 nitrogen and oxygen atoms in total. The second kappa shape index (κ2) is 10.7. The van der Waals surface area contributed by atoms with E-state index in [1.807, 2.05) is 0 Å². The van der Waals surface area contributed by atoms with Crippen molar-refractivity contribution in [3.05, 3.63) is 52.1 Å². The van der Waals surface area contributed by atoms with E-state index in [0.717, 1.165) is 11.3 Å². The Bertz CT molecular complexity index is 812. The van der Waals surface area contributed by atoms with Gasteiger partial charge in [-0.05, 0) is 25.0 Å². The van der Waals surface area contributed by atoms with E-state index in [4.69, 9.17) is 19.3 Å². The second-order valence-electron chi connectivity index (χ2n) is 6.16. The molecule has 2 aromatic rings. The number of carbonyl (C=O) groups is 1. The SMILES string of the molecule is COc1cc(OCCCCC(=O)O)cc(OC)c1CNc1ccc([N+](=O)[O-])cc1. The van der Waals surface area contributed by atoms with Gasteiger partial charge in [0.1, 0.15) is 17.2 Å². The molecule has 0 saturated heterocycles. The maximum atomic E-state index is 10.7. The fraction of sp³-hybridized carbons (Fsp3) is 0.350. The zero-order valence-electron chi connectivity index (χ0n) is 16.3. The molecule has 2 N–H and O–H groups in total. The summed E-state index contributed by atoms with van der Waals surface area (Å²) in [6.07, 6.45) is 1.28. The number of ether oxygens (including phenoxy) is 3. The number of aliphatic carboxylic acids is 1. The molecule has 0 heterocycles. The summed E-state index contributed by atoms with van der Waals surface area (Å²) < 4.78 is 16.6. The number of rotatable bonds is 12. The van der Waals surface area contributed by atoms with E-state index in [-0.39, 0.29) is 12.1 Å². The van der Waals surface area contributed by atoms with E-state index < -0.39 is 10.9 Å². The summed E-state index contributed by atoms with van der Waals surface area (Å²) >= 11 is 0. The first kappa shape index (κ1) is 21.8. The van der Waals surface area contributed by atoms with Crippen molar-refractivity contribution in [1.82, 2.24) is 0 Å². The van der Waals surface area contributed by atoms with Crippen LogP contribution in [0.15, 0.2) is 36.4 Å². The van der Waals surface area contributed by atoms with Crippen molar-refractivity contribution < 1.29 is 29.0 Å². The molecule has 0 aliphatic rings. The third-order valence-electron chi connectivity index (χ3n) is 4.18. The lowest BCUT2D eigenvalue weighted by molar-refractivity contribution is -0.384. The first-order valence-electron chi connectivity index (χ1n) is 9.02. The van der Waals surface area contributed by atoms with Gasteiger partial charge < -0.3 is 24.6 Å². The highest BCUT2D eigenvalue weighted by Crippen LogP contribution is 2.35. The summed E-state index contributed by atoms with van der Waals surface area (Å²) in [5.74, 6) is 0.880. The van der Waals surface area contributed by atoms with Crippen molar-refractivity contribution in [2.75, 3.05) is 26.1 Å². The molecule has 0 saturated carbocycles. The number of nitrogens with one attached hydrogen (secondary N) is 1. The van der Waals surface area contributed by atoms with E-state index in [2.05, 4.69) is 5.32 Å². The van der Waals surface area contributed by atoms with Crippen molar-refractivity contribution in [2.24, 2.45) is 0 Å². The molecule has 0 unspecified atom stereocenters. The van der Waals surface area contributed by atoms with Crippen LogP contribution in [-0.2, 0) is 11.3 Å². The van der Waals surface area contributed by atoms with E-state index in [9.17, 15) is 14.9 Å². The van der Waals surface area contributed by atoms with Crippen LogP contribution < -0.4 is 19.5 Å². The number of benzene rings is 2. The molecule has 2 aromatic carbocycles. The number of unbranched alkanes of at least 4 members (excludes halogenated alkanes) is 1. The molecule has 2 rings (SSSR count). The van der Waals surface area contributed by atoms with Gasteiger partial charge in [0, 0.05) is 42.9 Å². The predicted octanol–water partition coefficient (Wildman–Crippen LogP) is 3.86. The molecule has 0 aliphatic carbocycles. The topological polar surface area (TPSA) is 120 Å². The summed E-state index contributed by atoms with van der Waals surface area (Å²) in [5.41, 5.74) is 1.51. The van der Waals surface area contributed by atoms with Crippen molar-refractivity contribution in [3.8, 4) is 17.2 Å². The molecule has 0 spiro atoms. The monoisotopic (exact) mass is 404 g/mol. The van der Waals surface area contributed by atoms with Crippen LogP contribution >= 0.6 is 0 Å².